The number of amides is 1. The lowest BCUT2D eigenvalue weighted by molar-refractivity contribution is -0.100. The third-order valence-electron chi connectivity index (χ3n) is 4.82. The summed E-state index contributed by atoms with van der Waals surface area (Å²) < 4.78 is 37.0. The molecule has 2 aliphatic rings. The molecule has 8 nitrogen and oxygen atoms in total. The Morgan fingerprint density at radius 1 is 1.30 bits per heavy atom. The van der Waals surface area contributed by atoms with Crippen molar-refractivity contribution in [1.82, 2.24) is 9.37 Å². The van der Waals surface area contributed by atoms with E-state index in [-0.39, 0.29) is 27.4 Å². The molecule has 1 aromatic carbocycles. The van der Waals surface area contributed by atoms with Crippen LogP contribution >= 0.6 is 11.6 Å². The Morgan fingerprint density at radius 3 is 2.67 bits per heavy atom. The van der Waals surface area contributed by atoms with E-state index in [1.54, 1.807) is 4.90 Å². The van der Waals surface area contributed by atoms with Gasteiger partial charge in [0.1, 0.15) is 4.90 Å². The number of benzene rings is 1. The Morgan fingerprint density at radius 2 is 2.00 bits per heavy atom. The molecule has 1 atom stereocenters. The summed E-state index contributed by atoms with van der Waals surface area (Å²) in [7, 11) is -1.48. The van der Waals surface area contributed by atoms with Crippen LogP contribution in [-0.4, -0.2) is 69.9 Å². The number of sulfonamides is 1. The number of hydrogen-bond donors (Lipinski definition) is 0. The molecule has 150 valence electrons. The third-order valence-corrected chi connectivity index (χ3v) is 6.98. The normalized spacial score (nSPS) is 21.8. The number of carbonyl (C=O) groups is 1. The van der Waals surface area contributed by atoms with E-state index < -0.39 is 16.3 Å². The first kappa shape index (κ1) is 20.5. The molecule has 0 spiro atoms. The van der Waals surface area contributed by atoms with Crippen molar-refractivity contribution in [3.63, 3.8) is 0 Å². The molecule has 10 heteroatoms. The molecule has 27 heavy (non-hydrogen) atoms. The van der Waals surface area contributed by atoms with Gasteiger partial charge in [0.25, 0.3) is 15.9 Å². The highest BCUT2D eigenvalue weighted by Crippen LogP contribution is 2.29. The zero-order valence-electron chi connectivity index (χ0n) is 15.3. The minimum Gasteiger partial charge on any atom is -0.348 e. The van der Waals surface area contributed by atoms with E-state index in [9.17, 15) is 13.2 Å². The van der Waals surface area contributed by atoms with Gasteiger partial charge in [0.05, 0.1) is 31.4 Å². The molecular weight excluding hydrogens is 396 g/mol. The fourth-order valence-corrected chi connectivity index (χ4v) is 4.80. The highest BCUT2D eigenvalue weighted by molar-refractivity contribution is 7.89. The van der Waals surface area contributed by atoms with Crippen LogP contribution < -0.4 is 0 Å². The van der Waals surface area contributed by atoms with E-state index in [1.165, 1.54) is 32.4 Å². The van der Waals surface area contributed by atoms with Crippen molar-refractivity contribution in [1.29, 1.82) is 0 Å². The summed E-state index contributed by atoms with van der Waals surface area (Å²) in [6.07, 6.45) is 2.20. The number of hydrogen-bond acceptors (Lipinski definition) is 6. The van der Waals surface area contributed by atoms with E-state index in [0.717, 1.165) is 19.3 Å². The standard InChI is InChI=1S/C17H23ClN2O6S/c1-19(24-2)27(22,23)15-11-12(6-7-13(15)18)16(21)20-8-4-3-5-14(20)17-25-9-10-26-17/h6-7,11,14,17H,3-5,8-10H2,1-2H3. The van der Waals surface area contributed by atoms with Crippen molar-refractivity contribution < 1.29 is 27.5 Å². The van der Waals surface area contributed by atoms with Crippen LogP contribution in [0.1, 0.15) is 29.6 Å². The number of nitrogens with zero attached hydrogens (tertiary/aromatic N) is 2. The summed E-state index contributed by atoms with van der Waals surface area (Å²) >= 11 is 6.08. The molecule has 0 bridgehead atoms. The van der Waals surface area contributed by atoms with Crippen LogP contribution in [-0.2, 0) is 24.3 Å². The van der Waals surface area contributed by atoms with Crippen molar-refractivity contribution in [2.75, 3.05) is 33.9 Å². The van der Waals surface area contributed by atoms with Gasteiger partial charge in [-0.05, 0) is 37.5 Å². The van der Waals surface area contributed by atoms with E-state index in [4.69, 9.17) is 25.9 Å². The van der Waals surface area contributed by atoms with Crippen molar-refractivity contribution in [3.8, 4) is 0 Å². The summed E-state index contributed by atoms with van der Waals surface area (Å²) in [4.78, 5) is 19.4. The second kappa shape index (κ2) is 8.42. The summed E-state index contributed by atoms with van der Waals surface area (Å²) in [5.74, 6) is -0.271. The minimum absolute atomic E-state index is 0.0214. The van der Waals surface area contributed by atoms with Crippen LogP contribution in [0.2, 0.25) is 5.02 Å². The lowest BCUT2D eigenvalue weighted by Gasteiger charge is -2.38. The van der Waals surface area contributed by atoms with Crippen molar-refractivity contribution in [2.24, 2.45) is 0 Å². The second-order valence-corrected chi connectivity index (χ2v) is 8.73. The summed E-state index contributed by atoms with van der Waals surface area (Å²) in [6.45, 7) is 1.58. The van der Waals surface area contributed by atoms with Crippen LogP contribution in [0.4, 0.5) is 0 Å². The predicted molar refractivity (Wildman–Crippen MR) is 97.8 cm³/mol. The largest absolute Gasteiger partial charge is 0.348 e. The fraction of sp³-hybridized carbons (Fsp3) is 0.588. The van der Waals surface area contributed by atoms with Gasteiger partial charge in [-0.1, -0.05) is 16.1 Å². The topological polar surface area (TPSA) is 85.4 Å². The highest BCUT2D eigenvalue weighted by Gasteiger charge is 2.37. The van der Waals surface area contributed by atoms with E-state index in [0.29, 0.717) is 24.2 Å². The maximum atomic E-state index is 13.1. The van der Waals surface area contributed by atoms with E-state index >= 15 is 0 Å². The number of carbonyl (C=O) groups excluding carboxylic acids is 1. The van der Waals surface area contributed by atoms with Crippen LogP contribution in [0.5, 0.6) is 0 Å². The van der Waals surface area contributed by atoms with E-state index in [1.807, 2.05) is 0 Å². The summed E-state index contributed by atoms with van der Waals surface area (Å²) in [5, 5.41) is 0.0214. The molecule has 1 aromatic rings. The number of likely N-dealkylation sites (tertiary alicyclic amines) is 1. The molecule has 0 radical (unpaired) electrons. The maximum absolute atomic E-state index is 13.1. The molecule has 2 heterocycles. The number of halogens is 1. The average Bonchev–Trinajstić information content (AvgIpc) is 3.21. The van der Waals surface area contributed by atoms with Gasteiger partial charge in [-0.3, -0.25) is 9.63 Å². The van der Waals surface area contributed by atoms with Crippen LogP contribution in [0.15, 0.2) is 23.1 Å². The fourth-order valence-electron chi connectivity index (χ4n) is 3.33. The van der Waals surface area contributed by atoms with Gasteiger partial charge in [-0.25, -0.2) is 8.42 Å². The molecule has 0 aromatic heterocycles. The van der Waals surface area contributed by atoms with Crippen molar-refractivity contribution >= 4 is 27.5 Å². The summed E-state index contributed by atoms with van der Waals surface area (Å²) in [6, 6.07) is 4.04. The van der Waals surface area contributed by atoms with Gasteiger partial charge in [0.15, 0.2) is 6.29 Å². The van der Waals surface area contributed by atoms with Gasteiger partial charge in [0, 0.05) is 19.2 Å². The molecule has 0 N–H and O–H groups in total. The molecule has 2 fully saturated rings. The molecular formula is C17H23ClN2O6S. The molecule has 0 aliphatic carbocycles. The quantitative estimate of drug-likeness (QED) is 0.679. The molecule has 2 aliphatic heterocycles. The number of ether oxygens (including phenoxy) is 2. The SMILES string of the molecule is CON(C)S(=O)(=O)c1cc(C(=O)N2CCCCC2C2OCCO2)ccc1Cl. The highest BCUT2D eigenvalue weighted by atomic mass is 35.5. The summed E-state index contributed by atoms with van der Waals surface area (Å²) in [5.41, 5.74) is 0.243. The minimum atomic E-state index is -3.98. The van der Waals surface area contributed by atoms with Crippen LogP contribution in [0.3, 0.4) is 0 Å². The number of hydroxylamine groups is 1. The first-order chi connectivity index (χ1) is 12.9. The maximum Gasteiger partial charge on any atom is 0.266 e. The van der Waals surface area contributed by atoms with Crippen molar-refractivity contribution in [2.45, 2.75) is 36.5 Å². The Balaban J connectivity index is 1.91. The van der Waals surface area contributed by atoms with Gasteiger partial charge in [-0.2, -0.15) is 0 Å². The monoisotopic (exact) mass is 418 g/mol. The number of rotatable bonds is 5. The third kappa shape index (κ3) is 4.13. The van der Waals surface area contributed by atoms with Gasteiger partial charge < -0.3 is 14.4 Å². The molecule has 1 unspecified atom stereocenters. The molecule has 1 amide bonds. The predicted octanol–water partition coefficient (Wildman–Crippen LogP) is 1.89. The molecule has 2 saturated heterocycles. The molecule has 3 rings (SSSR count). The van der Waals surface area contributed by atoms with Crippen LogP contribution in [0.25, 0.3) is 0 Å². The first-order valence-electron chi connectivity index (χ1n) is 8.73. The Hall–Kier alpha value is -1.23. The lowest BCUT2D eigenvalue weighted by Crippen LogP contribution is -2.50. The Kier molecular flexibility index (Phi) is 6.39. The van der Waals surface area contributed by atoms with Gasteiger partial charge >= 0.3 is 0 Å². The molecule has 0 saturated carbocycles. The second-order valence-electron chi connectivity index (χ2n) is 6.41. The smallest absolute Gasteiger partial charge is 0.266 e. The number of piperidine rings is 1. The van der Waals surface area contributed by atoms with Crippen molar-refractivity contribution in [3.05, 3.63) is 28.8 Å². The zero-order valence-corrected chi connectivity index (χ0v) is 16.8. The van der Waals surface area contributed by atoms with Crippen LogP contribution in [0, 0.1) is 0 Å². The first-order valence-corrected chi connectivity index (χ1v) is 10.5. The average molecular weight is 419 g/mol. The van der Waals surface area contributed by atoms with Gasteiger partial charge in [0.2, 0.25) is 0 Å². The lowest BCUT2D eigenvalue weighted by atomic mass is 10.00. The Labute approximate surface area is 163 Å². The zero-order chi connectivity index (χ0) is 19.6. The van der Waals surface area contributed by atoms with E-state index in [2.05, 4.69) is 0 Å². The Bertz CT molecular complexity index is 797. The van der Waals surface area contributed by atoms with Gasteiger partial charge in [-0.15, -0.1) is 0 Å².